The normalized spacial score (nSPS) is 21.2. The molecule has 168 valence electrons. The standard InChI is InChI=1S/C22H37N5O2S/c1-2-23-22(24-13-15-30(28,29)25-16-19-10-6-11-19)26-21-12-7-14-27(18-21)17-20-8-4-3-5-9-20/h3-5,8-9,19,21,25H,2,6-7,10-18H2,1H3,(H2,23,24,26). The van der Waals surface area contributed by atoms with Gasteiger partial charge in [-0.2, -0.15) is 0 Å². The van der Waals surface area contributed by atoms with E-state index in [4.69, 9.17) is 0 Å². The average Bonchev–Trinajstić information content (AvgIpc) is 2.68. The molecule has 0 spiro atoms. The van der Waals surface area contributed by atoms with E-state index in [1.54, 1.807) is 0 Å². The maximum Gasteiger partial charge on any atom is 0.213 e. The van der Waals surface area contributed by atoms with Gasteiger partial charge in [0.15, 0.2) is 5.96 Å². The minimum absolute atomic E-state index is 0.0289. The Morgan fingerprint density at radius 1 is 1.17 bits per heavy atom. The molecule has 0 amide bonds. The van der Waals surface area contributed by atoms with Crippen molar-refractivity contribution in [1.82, 2.24) is 20.3 Å². The lowest BCUT2D eigenvalue weighted by Crippen LogP contribution is -2.51. The number of guanidine groups is 1. The first-order valence-corrected chi connectivity index (χ1v) is 13.0. The predicted molar refractivity (Wildman–Crippen MR) is 123 cm³/mol. The van der Waals surface area contributed by atoms with Gasteiger partial charge in [-0.25, -0.2) is 13.1 Å². The highest BCUT2D eigenvalue weighted by Crippen LogP contribution is 2.25. The van der Waals surface area contributed by atoms with E-state index in [1.807, 2.05) is 13.0 Å². The molecule has 2 fully saturated rings. The summed E-state index contributed by atoms with van der Waals surface area (Å²) in [5.74, 6) is 1.26. The van der Waals surface area contributed by atoms with Gasteiger partial charge < -0.3 is 10.6 Å². The van der Waals surface area contributed by atoms with Crippen LogP contribution >= 0.6 is 0 Å². The Bertz CT molecular complexity index is 765. The van der Waals surface area contributed by atoms with Crippen LogP contribution < -0.4 is 15.4 Å². The van der Waals surface area contributed by atoms with E-state index in [0.717, 1.165) is 51.9 Å². The highest BCUT2D eigenvalue weighted by Gasteiger charge is 2.22. The summed E-state index contributed by atoms with van der Waals surface area (Å²) >= 11 is 0. The van der Waals surface area contributed by atoms with Crippen LogP contribution in [0.4, 0.5) is 0 Å². The Kier molecular flexibility index (Phi) is 8.96. The van der Waals surface area contributed by atoms with Crippen LogP contribution in [-0.2, 0) is 16.6 Å². The number of aliphatic imine (C=N–C) groups is 1. The van der Waals surface area contributed by atoms with Crippen molar-refractivity contribution in [2.45, 2.75) is 51.6 Å². The van der Waals surface area contributed by atoms with E-state index < -0.39 is 10.0 Å². The number of hydrogen-bond donors (Lipinski definition) is 3. The third kappa shape index (κ3) is 7.89. The van der Waals surface area contributed by atoms with Crippen LogP contribution in [0.1, 0.15) is 44.6 Å². The molecule has 0 bridgehead atoms. The third-order valence-corrected chi connectivity index (χ3v) is 7.21. The molecular weight excluding hydrogens is 398 g/mol. The van der Waals surface area contributed by atoms with Crippen molar-refractivity contribution in [3.63, 3.8) is 0 Å². The van der Waals surface area contributed by atoms with Crippen LogP contribution in [0, 0.1) is 5.92 Å². The summed E-state index contributed by atoms with van der Waals surface area (Å²) < 4.78 is 27.1. The maximum atomic E-state index is 12.2. The van der Waals surface area contributed by atoms with Crippen molar-refractivity contribution in [3.05, 3.63) is 35.9 Å². The van der Waals surface area contributed by atoms with E-state index in [-0.39, 0.29) is 12.3 Å². The van der Waals surface area contributed by atoms with Crippen molar-refractivity contribution < 1.29 is 8.42 Å². The fraction of sp³-hybridized carbons (Fsp3) is 0.682. The number of likely N-dealkylation sites (tertiary alicyclic amines) is 1. The van der Waals surface area contributed by atoms with Gasteiger partial charge in [0.05, 0.1) is 12.3 Å². The van der Waals surface area contributed by atoms with E-state index in [1.165, 1.54) is 12.0 Å². The van der Waals surface area contributed by atoms with E-state index in [9.17, 15) is 8.42 Å². The lowest BCUT2D eigenvalue weighted by molar-refractivity contribution is 0.192. The molecule has 1 unspecified atom stereocenters. The lowest BCUT2D eigenvalue weighted by Gasteiger charge is -2.34. The van der Waals surface area contributed by atoms with Crippen molar-refractivity contribution in [3.8, 4) is 0 Å². The van der Waals surface area contributed by atoms with Gasteiger partial charge in [0.25, 0.3) is 0 Å². The molecule has 30 heavy (non-hydrogen) atoms. The molecule has 1 aromatic carbocycles. The van der Waals surface area contributed by atoms with Crippen LogP contribution in [0.25, 0.3) is 0 Å². The summed E-state index contributed by atoms with van der Waals surface area (Å²) in [5.41, 5.74) is 1.33. The summed E-state index contributed by atoms with van der Waals surface area (Å²) in [7, 11) is -3.26. The molecule has 1 heterocycles. The molecule has 7 nitrogen and oxygen atoms in total. The zero-order valence-corrected chi connectivity index (χ0v) is 19.0. The molecule has 3 N–H and O–H groups in total. The molecule has 1 atom stereocenters. The van der Waals surface area contributed by atoms with E-state index >= 15 is 0 Å². The molecule has 3 rings (SSSR count). The second-order valence-corrected chi connectivity index (χ2v) is 10.4. The molecule has 8 heteroatoms. The largest absolute Gasteiger partial charge is 0.357 e. The zero-order valence-electron chi connectivity index (χ0n) is 18.1. The molecule has 1 aliphatic heterocycles. The first kappa shape index (κ1) is 23.0. The van der Waals surface area contributed by atoms with Crippen molar-refractivity contribution in [1.29, 1.82) is 0 Å². The first-order valence-electron chi connectivity index (χ1n) is 11.3. The Labute approximate surface area is 181 Å². The third-order valence-electron chi connectivity index (χ3n) is 5.89. The lowest BCUT2D eigenvalue weighted by atomic mass is 9.86. The van der Waals surface area contributed by atoms with E-state index in [0.29, 0.717) is 24.5 Å². The van der Waals surface area contributed by atoms with Gasteiger partial charge >= 0.3 is 0 Å². The van der Waals surface area contributed by atoms with Crippen LogP contribution in [0.15, 0.2) is 35.3 Å². The fourth-order valence-corrected chi connectivity index (χ4v) is 4.93. The van der Waals surface area contributed by atoms with Gasteiger partial charge in [0, 0.05) is 32.2 Å². The van der Waals surface area contributed by atoms with Crippen LogP contribution in [0.5, 0.6) is 0 Å². The average molecular weight is 436 g/mol. The van der Waals surface area contributed by atoms with Gasteiger partial charge in [-0.3, -0.25) is 9.89 Å². The van der Waals surface area contributed by atoms with Gasteiger partial charge in [-0.05, 0) is 50.6 Å². The number of benzene rings is 1. The van der Waals surface area contributed by atoms with Crippen molar-refractivity contribution in [2.24, 2.45) is 10.9 Å². The first-order chi connectivity index (χ1) is 14.5. The van der Waals surface area contributed by atoms with Gasteiger partial charge in [-0.15, -0.1) is 0 Å². The summed E-state index contributed by atoms with van der Waals surface area (Å²) in [6.45, 7) is 6.62. The van der Waals surface area contributed by atoms with Crippen molar-refractivity contribution in [2.75, 3.05) is 38.5 Å². The van der Waals surface area contributed by atoms with Crippen LogP contribution in [0.2, 0.25) is 0 Å². The highest BCUT2D eigenvalue weighted by atomic mass is 32.2. The number of nitrogens with zero attached hydrogens (tertiary/aromatic N) is 2. The quantitative estimate of drug-likeness (QED) is 0.386. The number of nitrogens with one attached hydrogen (secondary N) is 3. The maximum absolute atomic E-state index is 12.2. The highest BCUT2D eigenvalue weighted by molar-refractivity contribution is 7.89. The molecule has 0 aromatic heterocycles. The molecular formula is C22H37N5O2S. The SMILES string of the molecule is CCNC(=NCCS(=O)(=O)NCC1CCC1)NC1CCCN(Cc2ccccc2)C1. The smallest absolute Gasteiger partial charge is 0.213 e. The minimum atomic E-state index is -3.26. The summed E-state index contributed by atoms with van der Waals surface area (Å²) in [6.07, 6.45) is 5.73. The summed E-state index contributed by atoms with van der Waals surface area (Å²) in [5, 5.41) is 6.76. The van der Waals surface area contributed by atoms with Gasteiger partial charge in [0.2, 0.25) is 10.0 Å². The Morgan fingerprint density at radius 3 is 2.67 bits per heavy atom. The van der Waals surface area contributed by atoms with E-state index in [2.05, 4.69) is 49.5 Å². The summed E-state index contributed by atoms with van der Waals surface area (Å²) in [6, 6.07) is 10.9. The molecule has 1 aliphatic carbocycles. The van der Waals surface area contributed by atoms with Crippen molar-refractivity contribution >= 4 is 16.0 Å². The van der Waals surface area contributed by atoms with Crippen LogP contribution in [-0.4, -0.2) is 63.8 Å². The number of sulfonamides is 1. The molecule has 1 saturated carbocycles. The molecule has 0 radical (unpaired) electrons. The monoisotopic (exact) mass is 435 g/mol. The Morgan fingerprint density at radius 2 is 1.97 bits per heavy atom. The summed E-state index contributed by atoms with van der Waals surface area (Å²) in [4.78, 5) is 6.99. The fourth-order valence-electron chi connectivity index (χ4n) is 3.96. The zero-order chi connectivity index (χ0) is 21.2. The second kappa shape index (κ2) is 11.7. The Balaban J connectivity index is 1.46. The Hall–Kier alpha value is -1.64. The topological polar surface area (TPSA) is 85.8 Å². The van der Waals surface area contributed by atoms with Gasteiger partial charge in [-0.1, -0.05) is 36.8 Å². The van der Waals surface area contributed by atoms with Gasteiger partial charge in [0.1, 0.15) is 0 Å². The molecule has 1 aromatic rings. The number of hydrogen-bond acceptors (Lipinski definition) is 4. The molecule has 2 aliphatic rings. The predicted octanol–water partition coefficient (Wildman–Crippen LogP) is 1.93. The number of piperidine rings is 1. The number of rotatable bonds is 10. The molecule has 1 saturated heterocycles. The second-order valence-electron chi connectivity index (χ2n) is 8.43. The minimum Gasteiger partial charge on any atom is -0.357 e. The van der Waals surface area contributed by atoms with Crippen LogP contribution in [0.3, 0.4) is 0 Å².